The molecule has 2 aromatic rings. The molecule has 0 aliphatic carbocycles. The Hall–Kier alpha value is -2.44. The summed E-state index contributed by atoms with van der Waals surface area (Å²) in [6, 6.07) is 9.84. The second-order valence-electron chi connectivity index (χ2n) is 6.05. The predicted octanol–water partition coefficient (Wildman–Crippen LogP) is 0.577. The lowest BCUT2D eigenvalue weighted by atomic mass is 9.88. The summed E-state index contributed by atoms with van der Waals surface area (Å²) in [5.74, 6) is 1.44. The highest BCUT2D eigenvalue weighted by atomic mass is 16.2. The van der Waals surface area contributed by atoms with E-state index in [0.29, 0.717) is 12.5 Å². The Labute approximate surface area is 128 Å². The number of benzene rings is 1. The van der Waals surface area contributed by atoms with Gasteiger partial charge in [-0.1, -0.05) is 23.3 Å². The first-order chi connectivity index (χ1) is 10.7. The van der Waals surface area contributed by atoms with Gasteiger partial charge in [0.25, 0.3) is 0 Å². The van der Waals surface area contributed by atoms with Crippen LogP contribution in [0.15, 0.2) is 30.3 Å². The first-order valence-electron chi connectivity index (χ1n) is 7.58. The Morgan fingerprint density at radius 1 is 1.18 bits per heavy atom. The molecule has 2 fully saturated rings. The number of nitrogens with zero attached hydrogens (tertiary/aromatic N) is 6. The molecule has 1 amide bonds. The third-order valence-electron chi connectivity index (χ3n) is 4.71. The van der Waals surface area contributed by atoms with Crippen LogP contribution in [0.4, 0.5) is 5.95 Å². The molecule has 7 heteroatoms. The molecule has 0 unspecified atom stereocenters. The molecule has 4 rings (SSSR count). The van der Waals surface area contributed by atoms with Crippen molar-refractivity contribution in [3.63, 3.8) is 0 Å². The number of tetrazole rings is 1. The highest BCUT2D eigenvalue weighted by Gasteiger charge is 2.43. The molecule has 2 aliphatic heterocycles. The van der Waals surface area contributed by atoms with Crippen molar-refractivity contribution in [2.24, 2.45) is 11.8 Å². The second kappa shape index (κ2) is 5.08. The number of amides is 1. The van der Waals surface area contributed by atoms with Crippen LogP contribution in [0.25, 0.3) is 5.69 Å². The van der Waals surface area contributed by atoms with Crippen LogP contribution in [-0.4, -0.2) is 57.7 Å². The molecule has 0 radical (unpaired) electrons. The molecule has 22 heavy (non-hydrogen) atoms. The fraction of sp³-hybridized carbons (Fsp3) is 0.467. The van der Waals surface area contributed by atoms with Crippen LogP contribution < -0.4 is 4.90 Å². The smallest absolute Gasteiger partial charge is 0.250 e. The highest BCUT2D eigenvalue weighted by molar-refractivity contribution is 5.81. The zero-order valence-corrected chi connectivity index (χ0v) is 12.5. The normalized spacial score (nSPS) is 24.7. The van der Waals surface area contributed by atoms with Crippen LogP contribution in [-0.2, 0) is 4.79 Å². The standard InChI is InChI=1S/C15H18N6O/c1-19-8-7-11-9-20(10-13(11)14(19)22)15-16-17-18-21(15)12-5-3-2-4-6-12/h2-6,11,13H,7-10H2,1H3/t11-,13+/m1/s1. The summed E-state index contributed by atoms with van der Waals surface area (Å²) in [5, 5.41) is 12.1. The van der Waals surface area contributed by atoms with Gasteiger partial charge in [-0.3, -0.25) is 4.79 Å². The van der Waals surface area contributed by atoms with Crippen LogP contribution in [0.3, 0.4) is 0 Å². The number of piperidine rings is 1. The zero-order chi connectivity index (χ0) is 15.1. The Morgan fingerprint density at radius 3 is 2.82 bits per heavy atom. The van der Waals surface area contributed by atoms with Gasteiger partial charge in [0, 0.05) is 26.7 Å². The molecule has 0 spiro atoms. The molecular formula is C15H18N6O. The summed E-state index contributed by atoms with van der Waals surface area (Å²) in [6.07, 6.45) is 1.05. The Morgan fingerprint density at radius 2 is 2.00 bits per heavy atom. The Balaban J connectivity index is 1.62. The lowest BCUT2D eigenvalue weighted by Gasteiger charge is -2.30. The number of hydrogen-bond acceptors (Lipinski definition) is 5. The van der Waals surface area contributed by atoms with Gasteiger partial charge in [-0.05, 0) is 34.9 Å². The second-order valence-corrected chi connectivity index (χ2v) is 6.05. The zero-order valence-electron chi connectivity index (χ0n) is 12.5. The lowest BCUT2D eigenvalue weighted by Crippen LogP contribution is -2.42. The molecule has 2 atom stereocenters. The number of anilines is 1. The van der Waals surface area contributed by atoms with E-state index in [1.54, 1.807) is 4.68 Å². The molecule has 1 aromatic heterocycles. The van der Waals surface area contributed by atoms with Crippen molar-refractivity contribution in [3.8, 4) is 5.69 Å². The highest BCUT2D eigenvalue weighted by Crippen LogP contribution is 2.33. The minimum absolute atomic E-state index is 0.0691. The van der Waals surface area contributed by atoms with E-state index >= 15 is 0 Å². The van der Waals surface area contributed by atoms with Crippen LogP contribution in [0.1, 0.15) is 6.42 Å². The maximum atomic E-state index is 12.3. The van der Waals surface area contributed by atoms with Crippen molar-refractivity contribution in [1.29, 1.82) is 0 Å². The van der Waals surface area contributed by atoms with Gasteiger partial charge >= 0.3 is 0 Å². The van der Waals surface area contributed by atoms with E-state index in [0.717, 1.165) is 31.1 Å². The van der Waals surface area contributed by atoms with E-state index in [-0.39, 0.29) is 11.8 Å². The quantitative estimate of drug-likeness (QED) is 0.811. The molecule has 3 heterocycles. The van der Waals surface area contributed by atoms with Crippen LogP contribution >= 0.6 is 0 Å². The van der Waals surface area contributed by atoms with Gasteiger partial charge in [0.15, 0.2) is 0 Å². The minimum atomic E-state index is 0.0691. The number of likely N-dealkylation sites (tertiary alicyclic amines) is 1. The first kappa shape index (κ1) is 13.2. The Bertz CT molecular complexity index is 684. The molecule has 0 saturated carbocycles. The molecule has 2 saturated heterocycles. The summed E-state index contributed by atoms with van der Waals surface area (Å²) >= 11 is 0. The average Bonchev–Trinajstić information content (AvgIpc) is 3.18. The van der Waals surface area contributed by atoms with Crippen LogP contribution in [0.5, 0.6) is 0 Å². The van der Waals surface area contributed by atoms with Crippen molar-refractivity contribution in [2.45, 2.75) is 6.42 Å². The maximum Gasteiger partial charge on any atom is 0.250 e. The number of carbonyl (C=O) groups excluding carboxylic acids is 1. The van der Waals surface area contributed by atoms with Crippen LogP contribution in [0, 0.1) is 11.8 Å². The predicted molar refractivity (Wildman–Crippen MR) is 80.6 cm³/mol. The topological polar surface area (TPSA) is 67.2 Å². The van der Waals surface area contributed by atoms with Gasteiger partial charge in [0.05, 0.1) is 11.6 Å². The van der Waals surface area contributed by atoms with Gasteiger partial charge in [0.2, 0.25) is 11.9 Å². The van der Waals surface area contributed by atoms with E-state index in [2.05, 4.69) is 20.4 Å². The van der Waals surface area contributed by atoms with E-state index in [1.165, 1.54) is 0 Å². The first-order valence-corrected chi connectivity index (χ1v) is 7.58. The van der Waals surface area contributed by atoms with Crippen molar-refractivity contribution in [3.05, 3.63) is 30.3 Å². The summed E-state index contributed by atoms with van der Waals surface area (Å²) in [7, 11) is 1.88. The molecular weight excluding hydrogens is 280 g/mol. The van der Waals surface area contributed by atoms with Gasteiger partial charge in [-0.2, -0.15) is 4.68 Å². The summed E-state index contributed by atoms with van der Waals surface area (Å²) in [6.45, 7) is 2.38. The maximum absolute atomic E-state index is 12.3. The third-order valence-corrected chi connectivity index (χ3v) is 4.71. The molecule has 0 N–H and O–H groups in total. The third kappa shape index (κ3) is 2.04. The van der Waals surface area contributed by atoms with Crippen molar-refractivity contribution < 1.29 is 4.79 Å². The van der Waals surface area contributed by atoms with Crippen molar-refractivity contribution >= 4 is 11.9 Å². The number of aromatic nitrogens is 4. The molecule has 0 bridgehead atoms. The monoisotopic (exact) mass is 298 g/mol. The summed E-state index contributed by atoms with van der Waals surface area (Å²) in [4.78, 5) is 16.3. The molecule has 2 aliphatic rings. The fourth-order valence-corrected chi connectivity index (χ4v) is 3.48. The summed E-state index contributed by atoms with van der Waals surface area (Å²) < 4.78 is 1.74. The molecule has 7 nitrogen and oxygen atoms in total. The van der Waals surface area contributed by atoms with Gasteiger partial charge in [-0.25, -0.2) is 0 Å². The Kier molecular flexibility index (Phi) is 3.06. The number of fused-ring (bicyclic) bond motifs is 1. The van der Waals surface area contributed by atoms with Crippen molar-refractivity contribution in [2.75, 3.05) is 31.6 Å². The van der Waals surface area contributed by atoms with E-state index in [9.17, 15) is 4.79 Å². The van der Waals surface area contributed by atoms with Gasteiger partial charge in [0.1, 0.15) is 0 Å². The average molecular weight is 298 g/mol. The number of hydrogen-bond donors (Lipinski definition) is 0. The largest absolute Gasteiger partial charge is 0.345 e. The number of rotatable bonds is 2. The minimum Gasteiger partial charge on any atom is -0.345 e. The number of para-hydroxylation sites is 1. The lowest BCUT2D eigenvalue weighted by molar-refractivity contribution is -0.137. The van der Waals surface area contributed by atoms with E-state index < -0.39 is 0 Å². The van der Waals surface area contributed by atoms with Crippen molar-refractivity contribution in [1.82, 2.24) is 25.1 Å². The molecule has 1 aromatic carbocycles. The number of carbonyl (C=O) groups is 1. The van der Waals surface area contributed by atoms with E-state index in [4.69, 9.17) is 0 Å². The summed E-state index contributed by atoms with van der Waals surface area (Å²) in [5.41, 5.74) is 0.931. The van der Waals surface area contributed by atoms with Gasteiger partial charge < -0.3 is 9.80 Å². The van der Waals surface area contributed by atoms with E-state index in [1.807, 2.05) is 42.3 Å². The van der Waals surface area contributed by atoms with Gasteiger partial charge in [-0.15, -0.1) is 0 Å². The fourth-order valence-electron chi connectivity index (χ4n) is 3.48. The molecule has 114 valence electrons. The SMILES string of the molecule is CN1CC[C@@H]2CN(c3nnnn3-c3ccccc3)C[C@@H]2C1=O. The van der Waals surface area contributed by atoms with Crippen LogP contribution in [0.2, 0.25) is 0 Å².